The Labute approximate surface area is 206 Å². The molecule has 1 aliphatic heterocycles. The second kappa shape index (κ2) is 9.78. The van der Waals surface area contributed by atoms with Crippen LogP contribution >= 0.6 is 0 Å². The molecule has 1 aromatic carbocycles. The van der Waals surface area contributed by atoms with Crippen LogP contribution in [0.2, 0.25) is 0 Å². The van der Waals surface area contributed by atoms with Crippen LogP contribution in [0.15, 0.2) is 41.2 Å². The average molecular weight is 501 g/mol. The Balaban J connectivity index is 1.63. The molecule has 0 N–H and O–H groups in total. The molecular weight excluding hydrogens is 473 g/mol. The lowest BCUT2D eigenvalue weighted by Crippen LogP contribution is -2.58. The monoisotopic (exact) mass is 500 g/mol. The van der Waals surface area contributed by atoms with Crippen molar-refractivity contribution >= 4 is 22.7 Å². The van der Waals surface area contributed by atoms with Crippen molar-refractivity contribution in [1.82, 2.24) is 19.4 Å². The van der Waals surface area contributed by atoms with Crippen LogP contribution in [0.25, 0.3) is 15.9 Å². The van der Waals surface area contributed by atoms with E-state index in [1.54, 1.807) is 31.3 Å². The summed E-state index contributed by atoms with van der Waals surface area (Å²) >= 11 is 0. The van der Waals surface area contributed by atoms with Gasteiger partial charge in [-0.15, -0.1) is 18.2 Å². The van der Waals surface area contributed by atoms with E-state index < -0.39 is 12.1 Å². The molecule has 190 valence electrons. The number of hydrogen-bond donors (Lipinski definition) is 0. The minimum absolute atomic E-state index is 0.0377. The van der Waals surface area contributed by atoms with Gasteiger partial charge in [-0.3, -0.25) is 9.47 Å². The van der Waals surface area contributed by atoms with Crippen LogP contribution in [0.1, 0.15) is 38.8 Å². The van der Waals surface area contributed by atoms with Gasteiger partial charge in [0.25, 0.3) is 5.82 Å². The summed E-state index contributed by atoms with van der Waals surface area (Å²) in [6.07, 6.45) is -3.92. The van der Waals surface area contributed by atoms with E-state index in [2.05, 4.69) is 36.3 Å². The van der Waals surface area contributed by atoms with Crippen LogP contribution in [0.4, 0.5) is 24.8 Å². The third-order valence-corrected chi connectivity index (χ3v) is 6.76. The zero-order chi connectivity index (χ0) is 26.2. The van der Waals surface area contributed by atoms with Crippen molar-refractivity contribution < 1.29 is 17.9 Å². The first-order valence-electron chi connectivity index (χ1n) is 11.7. The Morgan fingerprint density at radius 2 is 1.86 bits per heavy atom. The molecule has 8 nitrogen and oxygen atoms in total. The molecule has 0 bridgehead atoms. The van der Waals surface area contributed by atoms with Gasteiger partial charge < -0.3 is 14.5 Å². The lowest BCUT2D eigenvalue weighted by Gasteiger charge is -2.48. The lowest BCUT2D eigenvalue weighted by molar-refractivity contribution is -0.274. The van der Waals surface area contributed by atoms with Gasteiger partial charge in [0.05, 0.1) is 5.52 Å². The van der Waals surface area contributed by atoms with E-state index in [-0.39, 0.29) is 29.7 Å². The normalized spacial score (nSPS) is 19.8. The molecule has 0 spiro atoms. The lowest BCUT2D eigenvalue weighted by atomic mass is 9.98. The quantitative estimate of drug-likeness (QED) is 0.468. The van der Waals surface area contributed by atoms with Gasteiger partial charge in [0.1, 0.15) is 5.75 Å². The highest BCUT2D eigenvalue weighted by atomic mass is 19.4. The molecule has 36 heavy (non-hydrogen) atoms. The Bertz CT molecular complexity index is 1350. The number of nitrogens with zero attached hydrogens (tertiary/aromatic N) is 6. The van der Waals surface area contributed by atoms with E-state index in [0.717, 1.165) is 12.0 Å². The summed E-state index contributed by atoms with van der Waals surface area (Å²) in [6.45, 7) is 14.7. The summed E-state index contributed by atoms with van der Waals surface area (Å²) in [5.74, 6) is 0.443. The van der Waals surface area contributed by atoms with E-state index in [1.165, 1.54) is 16.7 Å². The fourth-order valence-corrected chi connectivity index (χ4v) is 4.80. The summed E-state index contributed by atoms with van der Waals surface area (Å²) in [4.78, 5) is 29.2. The van der Waals surface area contributed by atoms with Crippen molar-refractivity contribution in [1.29, 1.82) is 0 Å². The highest BCUT2D eigenvalue weighted by molar-refractivity contribution is 5.87. The minimum Gasteiger partial charge on any atom is -0.406 e. The molecule has 0 amide bonds. The van der Waals surface area contributed by atoms with Gasteiger partial charge in [-0.25, -0.2) is 4.79 Å². The molecule has 0 saturated carbocycles. The smallest absolute Gasteiger partial charge is 0.406 e. The molecule has 1 fully saturated rings. The highest BCUT2D eigenvalue weighted by Gasteiger charge is 2.36. The van der Waals surface area contributed by atoms with Crippen LogP contribution in [-0.4, -0.2) is 51.0 Å². The molecule has 1 aliphatic rings. The van der Waals surface area contributed by atoms with Crippen LogP contribution in [0, 0.1) is 6.57 Å². The van der Waals surface area contributed by atoms with Crippen LogP contribution < -0.4 is 15.3 Å². The van der Waals surface area contributed by atoms with Gasteiger partial charge >= 0.3 is 12.1 Å². The number of aromatic nitrogens is 3. The number of piperazine rings is 1. The van der Waals surface area contributed by atoms with Gasteiger partial charge in [-0.05, 0) is 50.1 Å². The van der Waals surface area contributed by atoms with Crippen molar-refractivity contribution in [3.8, 4) is 5.75 Å². The molecule has 3 heterocycles. The molecule has 3 aromatic rings. The summed E-state index contributed by atoms with van der Waals surface area (Å²) < 4.78 is 43.0. The third-order valence-electron chi connectivity index (χ3n) is 6.76. The average Bonchev–Trinajstić information content (AvgIpc) is 2.85. The Morgan fingerprint density at radius 1 is 1.17 bits per heavy atom. The summed E-state index contributed by atoms with van der Waals surface area (Å²) in [6, 6.07) is 9.27. The van der Waals surface area contributed by atoms with Crippen molar-refractivity contribution in [2.45, 2.75) is 51.7 Å². The molecule has 2 aromatic heterocycles. The number of rotatable bonds is 5. The van der Waals surface area contributed by atoms with Crippen molar-refractivity contribution in [2.75, 3.05) is 18.0 Å². The second-order valence-electron chi connectivity index (χ2n) is 8.98. The van der Waals surface area contributed by atoms with Gasteiger partial charge in [0.15, 0.2) is 5.82 Å². The van der Waals surface area contributed by atoms with Gasteiger partial charge in [-0.1, -0.05) is 25.6 Å². The Kier molecular flexibility index (Phi) is 6.91. The SMILES string of the molecule is [C-]#[N+]c1ccc2c(n1)c(N1CC(CC)N(C(C)c3ccc(OC(F)(F)F)cc3)CC1C)nc(=O)n2C. The van der Waals surface area contributed by atoms with Crippen molar-refractivity contribution in [2.24, 2.45) is 7.05 Å². The summed E-state index contributed by atoms with van der Waals surface area (Å²) in [5, 5.41) is 0. The molecule has 1 saturated heterocycles. The largest absolute Gasteiger partial charge is 0.573 e. The molecule has 0 radical (unpaired) electrons. The van der Waals surface area contributed by atoms with Gasteiger partial charge in [-0.2, -0.15) is 4.98 Å². The topological polar surface area (TPSA) is 67.9 Å². The highest BCUT2D eigenvalue weighted by Crippen LogP contribution is 2.34. The predicted octanol–water partition coefficient (Wildman–Crippen LogP) is 4.83. The standard InChI is InChI=1S/C25H27F3N6O2/c1-6-18-14-33(23-22-20(32(5)24(35)31-23)11-12-21(29-4)30-22)15(2)13-34(18)16(3)17-7-9-19(10-8-17)36-25(26,27)28/h7-12,15-16,18H,6,13-14H2,1-3,5H3. The zero-order valence-electron chi connectivity index (χ0n) is 20.5. The Morgan fingerprint density at radius 3 is 2.47 bits per heavy atom. The van der Waals surface area contributed by atoms with E-state index in [0.29, 0.717) is 29.9 Å². The first-order valence-corrected chi connectivity index (χ1v) is 11.7. The number of ether oxygens (including phenoxy) is 1. The number of anilines is 1. The predicted molar refractivity (Wildman–Crippen MR) is 130 cm³/mol. The van der Waals surface area contributed by atoms with Crippen molar-refractivity contribution in [3.05, 3.63) is 63.9 Å². The van der Waals surface area contributed by atoms with Crippen LogP contribution in [0.3, 0.4) is 0 Å². The minimum atomic E-state index is -4.73. The van der Waals surface area contributed by atoms with E-state index in [9.17, 15) is 18.0 Å². The van der Waals surface area contributed by atoms with Crippen molar-refractivity contribution in [3.63, 3.8) is 0 Å². The van der Waals surface area contributed by atoms with E-state index in [1.807, 2.05) is 13.8 Å². The number of fused-ring (bicyclic) bond motifs is 1. The number of aryl methyl sites for hydroxylation is 1. The molecule has 3 unspecified atom stereocenters. The van der Waals surface area contributed by atoms with Crippen LogP contribution in [0.5, 0.6) is 5.75 Å². The van der Waals surface area contributed by atoms with Gasteiger partial charge in [0.2, 0.25) is 5.52 Å². The number of halogens is 3. The van der Waals surface area contributed by atoms with Gasteiger partial charge in [0, 0.05) is 38.3 Å². The number of alkyl halides is 3. The van der Waals surface area contributed by atoms with E-state index >= 15 is 0 Å². The molecule has 0 aliphatic carbocycles. The first kappa shape index (κ1) is 25.4. The molecule has 4 rings (SSSR count). The molecule has 3 atom stereocenters. The summed E-state index contributed by atoms with van der Waals surface area (Å²) in [7, 11) is 1.63. The molecule has 11 heteroatoms. The zero-order valence-corrected chi connectivity index (χ0v) is 20.5. The van der Waals surface area contributed by atoms with E-state index in [4.69, 9.17) is 6.57 Å². The number of hydrogen-bond acceptors (Lipinski definition) is 6. The maximum absolute atomic E-state index is 12.6. The fraction of sp³-hybridized carbons (Fsp3) is 0.440. The summed E-state index contributed by atoms with van der Waals surface area (Å²) in [5.41, 5.74) is 1.60. The third kappa shape index (κ3) is 4.99. The maximum atomic E-state index is 12.6. The first-order chi connectivity index (χ1) is 17.0. The van der Waals surface area contributed by atoms with Crippen LogP contribution in [-0.2, 0) is 7.05 Å². The Hall–Kier alpha value is -3.65. The maximum Gasteiger partial charge on any atom is 0.573 e. The second-order valence-corrected chi connectivity index (χ2v) is 8.98. The number of benzene rings is 1. The number of pyridine rings is 1. The molecular formula is C25H27F3N6O2. The fourth-order valence-electron chi connectivity index (χ4n) is 4.80.